The molecule has 4 rings (SSSR count). The molecular weight excluding hydrogens is 673 g/mol. The SMILES string of the molecule is COC(=O)N[C@H](C(=O)CN[C@H](C)c1ncc(C2CCC(c3ccc(-c4cnc([C@H](C)CNC(=O)[C@@H](NC(=O)OC)C(C)C)[nH]4)s3)CC2)[nH]1)C(C)C. The summed E-state index contributed by atoms with van der Waals surface area (Å²) in [6, 6.07) is 2.89. The summed E-state index contributed by atoms with van der Waals surface area (Å²) in [5, 5.41) is 11.4. The minimum atomic E-state index is -0.689. The third-order valence-corrected chi connectivity index (χ3v) is 10.9. The van der Waals surface area contributed by atoms with E-state index in [9.17, 15) is 19.2 Å². The van der Waals surface area contributed by atoms with Crippen molar-refractivity contribution in [1.82, 2.24) is 41.2 Å². The zero-order valence-electron chi connectivity index (χ0n) is 30.9. The predicted molar refractivity (Wildman–Crippen MR) is 196 cm³/mol. The number of carbonyl (C=O) groups is 4. The van der Waals surface area contributed by atoms with E-state index in [2.05, 4.69) is 62.8 Å². The van der Waals surface area contributed by atoms with Crippen molar-refractivity contribution < 1.29 is 28.7 Å². The predicted octanol–water partition coefficient (Wildman–Crippen LogP) is 5.50. The van der Waals surface area contributed by atoms with Gasteiger partial charge in [0.25, 0.3) is 0 Å². The maximum Gasteiger partial charge on any atom is 0.407 e. The van der Waals surface area contributed by atoms with Gasteiger partial charge in [0.05, 0.1) is 49.6 Å². The van der Waals surface area contributed by atoms with Gasteiger partial charge in [0.1, 0.15) is 17.7 Å². The summed E-state index contributed by atoms with van der Waals surface area (Å²) in [7, 11) is 2.55. The van der Waals surface area contributed by atoms with Gasteiger partial charge in [-0.1, -0.05) is 34.6 Å². The number of Topliss-reactive ketones (excluding diaryl/α,β-unsaturated/α-hetero) is 1. The number of H-pyrrole nitrogens is 2. The highest BCUT2D eigenvalue weighted by Crippen LogP contribution is 2.43. The summed E-state index contributed by atoms with van der Waals surface area (Å²) < 4.78 is 9.32. The highest BCUT2D eigenvalue weighted by molar-refractivity contribution is 7.15. The van der Waals surface area contributed by atoms with Crippen molar-refractivity contribution in [2.45, 2.75) is 103 Å². The van der Waals surface area contributed by atoms with E-state index >= 15 is 0 Å². The molecule has 3 aromatic rings. The first-order chi connectivity index (χ1) is 24.3. The molecule has 3 heterocycles. The number of nitrogens with one attached hydrogen (secondary N) is 6. The second kappa shape index (κ2) is 18.3. The van der Waals surface area contributed by atoms with E-state index in [1.165, 1.54) is 19.1 Å². The van der Waals surface area contributed by atoms with Gasteiger partial charge in [-0.3, -0.25) is 9.59 Å². The van der Waals surface area contributed by atoms with Crippen LogP contribution >= 0.6 is 11.3 Å². The number of nitrogens with zero attached hydrogens (tertiary/aromatic N) is 2. The molecule has 3 aromatic heterocycles. The molecule has 0 aliphatic heterocycles. The number of ether oxygens (including phenoxy) is 2. The van der Waals surface area contributed by atoms with Gasteiger partial charge >= 0.3 is 12.2 Å². The monoisotopic (exact) mass is 726 g/mol. The molecule has 1 aliphatic carbocycles. The summed E-state index contributed by atoms with van der Waals surface area (Å²) in [5.41, 5.74) is 2.08. The number of rotatable bonds is 16. The Balaban J connectivity index is 1.25. The molecule has 0 unspecified atom stereocenters. The van der Waals surface area contributed by atoms with Gasteiger partial charge < -0.3 is 40.7 Å². The van der Waals surface area contributed by atoms with Crippen LogP contribution in [-0.4, -0.2) is 83.2 Å². The van der Waals surface area contributed by atoms with Gasteiger partial charge in [-0.25, -0.2) is 19.6 Å². The normalized spacial score (nSPS) is 18.5. The van der Waals surface area contributed by atoms with E-state index in [1.807, 2.05) is 53.9 Å². The Kier molecular flexibility index (Phi) is 14.2. The number of amides is 3. The first kappa shape index (κ1) is 39.5. The summed E-state index contributed by atoms with van der Waals surface area (Å²) in [6.07, 6.45) is 6.78. The highest BCUT2D eigenvalue weighted by Gasteiger charge is 2.29. The van der Waals surface area contributed by atoms with Gasteiger partial charge in [-0.2, -0.15) is 0 Å². The Labute approximate surface area is 304 Å². The third kappa shape index (κ3) is 10.6. The van der Waals surface area contributed by atoms with Crippen molar-refractivity contribution in [1.29, 1.82) is 0 Å². The fraction of sp³-hybridized carbons (Fsp3) is 0.611. The van der Waals surface area contributed by atoms with Crippen LogP contribution in [0, 0.1) is 11.8 Å². The molecular formula is C36H54N8O6S. The summed E-state index contributed by atoms with van der Waals surface area (Å²) >= 11 is 1.79. The number of aromatic amines is 2. The summed E-state index contributed by atoms with van der Waals surface area (Å²) in [4.78, 5) is 67.5. The van der Waals surface area contributed by atoms with Crippen LogP contribution in [0.15, 0.2) is 24.5 Å². The molecule has 0 radical (unpaired) electrons. The largest absolute Gasteiger partial charge is 0.453 e. The molecule has 51 heavy (non-hydrogen) atoms. The van der Waals surface area contributed by atoms with Crippen molar-refractivity contribution in [3.63, 3.8) is 0 Å². The number of aromatic nitrogens is 4. The van der Waals surface area contributed by atoms with Crippen LogP contribution in [0.2, 0.25) is 0 Å². The first-order valence-electron chi connectivity index (χ1n) is 17.7. The van der Waals surface area contributed by atoms with E-state index in [0.29, 0.717) is 18.4 Å². The molecule has 1 saturated carbocycles. The molecule has 1 aliphatic rings. The summed E-state index contributed by atoms with van der Waals surface area (Å²) in [5.74, 6) is 1.87. The van der Waals surface area contributed by atoms with E-state index in [1.54, 1.807) is 11.3 Å². The fourth-order valence-electron chi connectivity index (χ4n) is 6.34. The number of thiophene rings is 1. The molecule has 0 saturated heterocycles. The van der Waals surface area contributed by atoms with Crippen molar-refractivity contribution >= 4 is 35.2 Å². The van der Waals surface area contributed by atoms with Crippen molar-refractivity contribution in [2.75, 3.05) is 27.3 Å². The standard InChI is InChI=1S/C36H54N8O6S/c1-19(2)30(43-35(47)49-7)27(45)18-37-22(6)33-39-16-25(41-33)23-9-11-24(12-10-23)28-13-14-29(51-28)26-17-38-32(42-26)21(5)15-40-34(46)31(20(3)4)44-36(48)50-8/h13-14,16-17,19-24,30-31,37H,9-12,15,18H2,1-8H3,(H,38,42)(H,39,41)(H,40,46)(H,43,47)(H,44,48)/t21-,22-,23?,24?,30+,31+/m1/s1. The Morgan fingerprint density at radius 3 is 2.06 bits per heavy atom. The zero-order valence-corrected chi connectivity index (χ0v) is 31.7. The lowest BCUT2D eigenvalue weighted by atomic mass is 9.80. The Morgan fingerprint density at radius 2 is 1.43 bits per heavy atom. The Bertz CT molecular complexity index is 1610. The number of carbonyl (C=O) groups excluding carboxylic acids is 4. The van der Waals surface area contributed by atoms with E-state index in [-0.39, 0.29) is 42.0 Å². The third-order valence-electron chi connectivity index (χ3n) is 9.59. The second-order valence-electron chi connectivity index (χ2n) is 14.1. The molecule has 6 N–H and O–H groups in total. The lowest BCUT2D eigenvalue weighted by molar-refractivity contribution is -0.124. The number of methoxy groups -OCH3 is 2. The van der Waals surface area contributed by atoms with Crippen LogP contribution in [0.1, 0.15) is 113 Å². The fourth-order valence-corrected chi connectivity index (χ4v) is 7.49. The molecule has 280 valence electrons. The molecule has 15 heteroatoms. The maximum atomic E-state index is 12.8. The molecule has 0 aromatic carbocycles. The van der Waals surface area contributed by atoms with Gasteiger partial charge in [0.2, 0.25) is 5.91 Å². The Morgan fingerprint density at radius 1 is 0.824 bits per heavy atom. The molecule has 4 atom stereocenters. The number of hydrogen-bond donors (Lipinski definition) is 6. The average molecular weight is 727 g/mol. The number of ketones is 1. The first-order valence-corrected chi connectivity index (χ1v) is 18.5. The van der Waals surface area contributed by atoms with Crippen LogP contribution in [0.3, 0.4) is 0 Å². The topological polar surface area (TPSA) is 192 Å². The van der Waals surface area contributed by atoms with Gasteiger partial charge in [0, 0.05) is 35.1 Å². The van der Waals surface area contributed by atoms with Gasteiger partial charge in [-0.05, 0) is 62.5 Å². The van der Waals surface area contributed by atoms with E-state index in [0.717, 1.165) is 53.6 Å². The van der Waals surface area contributed by atoms with Crippen molar-refractivity contribution in [3.05, 3.63) is 46.7 Å². The van der Waals surface area contributed by atoms with Crippen LogP contribution < -0.4 is 21.3 Å². The van der Waals surface area contributed by atoms with E-state index < -0.39 is 24.3 Å². The summed E-state index contributed by atoms with van der Waals surface area (Å²) in [6.45, 7) is 11.9. The number of hydrogen-bond acceptors (Lipinski definition) is 10. The van der Waals surface area contributed by atoms with Crippen LogP contribution in [0.4, 0.5) is 9.59 Å². The second-order valence-corrected chi connectivity index (χ2v) is 15.2. The smallest absolute Gasteiger partial charge is 0.407 e. The number of imidazole rings is 2. The van der Waals surface area contributed by atoms with Crippen LogP contribution in [-0.2, 0) is 19.1 Å². The molecule has 1 fully saturated rings. The lowest BCUT2D eigenvalue weighted by Gasteiger charge is -2.27. The van der Waals surface area contributed by atoms with Gasteiger partial charge in [0.15, 0.2) is 5.78 Å². The molecule has 0 bridgehead atoms. The number of alkyl carbamates (subject to hydrolysis) is 2. The van der Waals surface area contributed by atoms with Gasteiger partial charge in [-0.15, -0.1) is 11.3 Å². The van der Waals surface area contributed by atoms with E-state index in [4.69, 9.17) is 0 Å². The minimum absolute atomic E-state index is 0.0554. The van der Waals surface area contributed by atoms with Crippen LogP contribution in [0.5, 0.6) is 0 Å². The maximum absolute atomic E-state index is 12.8. The molecule has 3 amide bonds. The quantitative estimate of drug-likeness (QED) is 0.111. The van der Waals surface area contributed by atoms with Crippen LogP contribution in [0.25, 0.3) is 10.6 Å². The minimum Gasteiger partial charge on any atom is -0.453 e. The van der Waals surface area contributed by atoms with Crippen molar-refractivity contribution in [2.24, 2.45) is 11.8 Å². The van der Waals surface area contributed by atoms with Crippen molar-refractivity contribution in [3.8, 4) is 10.6 Å². The molecule has 0 spiro atoms. The Hall–Kier alpha value is -4.24. The average Bonchev–Trinajstić information content (AvgIpc) is 3.91. The highest BCUT2D eigenvalue weighted by atomic mass is 32.1. The zero-order chi connectivity index (χ0) is 37.2. The lowest BCUT2D eigenvalue weighted by Crippen LogP contribution is -2.50. The molecule has 14 nitrogen and oxygen atoms in total.